The Kier molecular flexibility index (Phi) is 3.84. The van der Waals surface area contributed by atoms with Gasteiger partial charge >= 0.3 is 0 Å². The van der Waals surface area contributed by atoms with Crippen LogP contribution < -0.4 is 0 Å². The highest BCUT2D eigenvalue weighted by Gasteiger charge is 2.12. The number of aryl methyl sites for hydroxylation is 1. The van der Waals surface area contributed by atoms with Crippen LogP contribution in [0.3, 0.4) is 0 Å². The van der Waals surface area contributed by atoms with Crippen LogP contribution in [0.4, 0.5) is 0 Å². The second-order valence-electron chi connectivity index (χ2n) is 4.03. The molecule has 0 saturated heterocycles. The molecule has 2 rings (SSSR count). The van der Waals surface area contributed by atoms with Gasteiger partial charge in [0.05, 0.1) is 0 Å². The normalized spacial score (nSPS) is 10.8. The van der Waals surface area contributed by atoms with Gasteiger partial charge in [0.1, 0.15) is 0 Å². The molecule has 0 atom stereocenters. The summed E-state index contributed by atoms with van der Waals surface area (Å²) in [6.45, 7) is 5.23. The standard InChI is InChI=1S/C13H17N3S/c1-4-8-16-12(14-15-13(16)17-3)11-7-5-6-10(2)9-11/h5-7,9H,4,8H2,1-3H3. The molecule has 0 aliphatic carbocycles. The van der Waals surface area contributed by atoms with Crippen LogP contribution in [0, 0.1) is 6.92 Å². The molecule has 0 aliphatic rings. The highest BCUT2D eigenvalue weighted by Crippen LogP contribution is 2.23. The van der Waals surface area contributed by atoms with Crippen molar-refractivity contribution in [3.05, 3.63) is 29.8 Å². The van der Waals surface area contributed by atoms with Crippen molar-refractivity contribution in [1.29, 1.82) is 0 Å². The van der Waals surface area contributed by atoms with Gasteiger partial charge in [-0.15, -0.1) is 10.2 Å². The smallest absolute Gasteiger partial charge is 0.191 e. The quantitative estimate of drug-likeness (QED) is 0.776. The SMILES string of the molecule is CCCn1c(SC)nnc1-c1cccc(C)c1. The van der Waals surface area contributed by atoms with Crippen molar-refractivity contribution in [3.8, 4) is 11.4 Å². The van der Waals surface area contributed by atoms with Crippen molar-refractivity contribution in [3.63, 3.8) is 0 Å². The Morgan fingerprint density at radius 3 is 2.76 bits per heavy atom. The number of hydrogen-bond donors (Lipinski definition) is 0. The molecular weight excluding hydrogens is 230 g/mol. The number of nitrogens with zero attached hydrogens (tertiary/aromatic N) is 3. The van der Waals surface area contributed by atoms with Gasteiger partial charge in [-0.3, -0.25) is 0 Å². The molecule has 90 valence electrons. The molecule has 17 heavy (non-hydrogen) atoms. The molecule has 0 fully saturated rings. The van der Waals surface area contributed by atoms with Gasteiger partial charge in [0.15, 0.2) is 11.0 Å². The fraction of sp³-hybridized carbons (Fsp3) is 0.385. The molecule has 1 aromatic heterocycles. The fourth-order valence-corrected chi connectivity index (χ4v) is 2.38. The lowest BCUT2D eigenvalue weighted by Crippen LogP contribution is -2.01. The van der Waals surface area contributed by atoms with Crippen molar-refractivity contribution >= 4 is 11.8 Å². The molecule has 0 aliphatic heterocycles. The molecule has 0 radical (unpaired) electrons. The second kappa shape index (κ2) is 5.36. The van der Waals surface area contributed by atoms with Crippen LogP contribution in [0.25, 0.3) is 11.4 Å². The number of benzene rings is 1. The molecule has 1 aromatic carbocycles. The summed E-state index contributed by atoms with van der Waals surface area (Å²) in [4.78, 5) is 0. The van der Waals surface area contributed by atoms with E-state index in [0.717, 1.165) is 29.5 Å². The molecule has 0 saturated carbocycles. The van der Waals surface area contributed by atoms with Crippen LogP contribution in [0.2, 0.25) is 0 Å². The zero-order valence-corrected chi connectivity index (χ0v) is 11.3. The Bertz CT molecular complexity index is 505. The zero-order chi connectivity index (χ0) is 12.3. The first-order chi connectivity index (χ1) is 8.26. The molecule has 0 unspecified atom stereocenters. The average Bonchev–Trinajstić information content (AvgIpc) is 2.72. The van der Waals surface area contributed by atoms with Gasteiger partial charge in [-0.05, 0) is 25.7 Å². The Labute approximate surface area is 106 Å². The van der Waals surface area contributed by atoms with Gasteiger partial charge in [0.2, 0.25) is 0 Å². The lowest BCUT2D eigenvalue weighted by atomic mass is 10.1. The summed E-state index contributed by atoms with van der Waals surface area (Å²) < 4.78 is 2.19. The first kappa shape index (κ1) is 12.2. The van der Waals surface area contributed by atoms with Crippen molar-refractivity contribution < 1.29 is 0 Å². The Morgan fingerprint density at radius 2 is 2.12 bits per heavy atom. The number of thioether (sulfide) groups is 1. The highest BCUT2D eigenvalue weighted by atomic mass is 32.2. The first-order valence-corrected chi connectivity index (χ1v) is 7.03. The van der Waals surface area contributed by atoms with Crippen LogP contribution >= 0.6 is 11.8 Å². The molecular formula is C13H17N3S. The minimum absolute atomic E-state index is 0.965. The molecule has 2 aromatic rings. The number of aromatic nitrogens is 3. The maximum absolute atomic E-state index is 4.31. The molecule has 0 amide bonds. The topological polar surface area (TPSA) is 30.7 Å². The Balaban J connectivity index is 2.47. The summed E-state index contributed by atoms with van der Waals surface area (Å²) in [7, 11) is 0. The molecule has 0 bridgehead atoms. The van der Waals surface area contributed by atoms with Crippen molar-refractivity contribution in [2.45, 2.75) is 32.0 Å². The van der Waals surface area contributed by atoms with E-state index >= 15 is 0 Å². The van der Waals surface area contributed by atoms with Gasteiger partial charge in [0, 0.05) is 12.1 Å². The van der Waals surface area contributed by atoms with E-state index in [-0.39, 0.29) is 0 Å². The molecule has 1 heterocycles. The van der Waals surface area contributed by atoms with Gasteiger partial charge in [-0.25, -0.2) is 0 Å². The maximum atomic E-state index is 4.31. The van der Waals surface area contributed by atoms with Crippen LogP contribution in [-0.2, 0) is 6.54 Å². The summed E-state index contributed by atoms with van der Waals surface area (Å²) in [5, 5.41) is 9.53. The Hall–Kier alpha value is -1.29. The molecule has 4 heteroatoms. The van der Waals surface area contributed by atoms with Gasteiger partial charge in [-0.1, -0.05) is 42.4 Å². The van der Waals surface area contributed by atoms with E-state index in [2.05, 4.69) is 52.9 Å². The van der Waals surface area contributed by atoms with E-state index in [1.807, 2.05) is 6.26 Å². The molecule has 3 nitrogen and oxygen atoms in total. The average molecular weight is 247 g/mol. The van der Waals surface area contributed by atoms with Crippen molar-refractivity contribution in [1.82, 2.24) is 14.8 Å². The van der Waals surface area contributed by atoms with Gasteiger partial charge in [-0.2, -0.15) is 0 Å². The van der Waals surface area contributed by atoms with E-state index in [0.29, 0.717) is 0 Å². The van der Waals surface area contributed by atoms with Gasteiger partial charge < -0.3 is 4.57 Å². The highest BCUT2D eigenvalue weighted by molar-refractivity contribution is 7.98. The van der Waals surface area contributed by atoms with Crippen LogP contribution in [0.15, 0.2) is 29.4 Å². The fourth-order valence-electron chi connectivity index (χ4n) is 1.86. The predicted octanol–water partition coefficient (Wildman–Crippen LogP) is 3.39. The molecule has 0 N–H and O–H groups in total. The third-order valence-electron chi connectivity index (χ3n) is 2.62. The summed E-state index contributed by atoms with van der Waals surface area (Å²) in [5.74, 6) is 0.972. The Morgan fingerprint density at radius 1 is 1.29 bits per heavy atom. The second-order valence-corrected chi connectivity index (χ2v) is 4.80. The largest absolute Gasteiger partial charge is 0.302 e. The third kappa shape index (κ3) is 2.52. The predicted molar refractivity (Wildman–Crippen MR) is 72.3 cm³/mol. The van der Waals surface area contributed by atoms with E-state index in [1.54, 1.807) is 11.8 Å². The van der Waals surface area contributed by atoms with Crippen molar-refractivity contribution in [2.75, 3.05) is 6.26 Å². The monoisotopic (exact) mass is 247 g/mol. The van der Waals surface area contributed by atoms with Crippen LogP contribution in [0.5, 0.6) is 0 Å². The number of hydrogen-bond acceptors (Lipinski definition) is 3. The van der Waals surface area contributed by atoms with E-state index in [9.17, 15) is 0 Å². The van der Waals surface area contributed by atoms with Crippen LogP contribution in [-0.4, -0.2) is 21.0 Å². The lowest BCUT2D eigenvalue weighted by molar-refractivity contribution is 0.627. The van der Waals surface area contributed by atoms with E-state index < -0.39 is 0 Å². The van der Waals surface area contributed by atoms with E-state index in [1.165, 1.54) is 5.56 Å². The summed E-state index contributed by atoms with van der Waals surface area (Å²) in [6, 6.07) is 8.40. The third-order valence-corrected chi connectivity index (χ3v) is 3.29. The van der Waals surface area contributed by atoms with E-state index in [4.69, 9.17) is 0 Å². The maximum Gasteiger partial charge on any atom is 0.191 e. The van der Waals surface area contributed by atoms with Gasteiger partial charge in [0.25, 0.3) is 0 Å². The van der Waals surface area contributed by atoms with Crippen LogP contribution in [0.1, 0.15) is 18.9 Å². The number of rotatable bonds is 4. The first-order valence-electron chi connectivity index (χ1n) is 5.80. The molecule has 0 spiro atoms. The lowest BCUT2D eigenvalue weighted by Gasteiger charge is -2.07. The minimum atomic E-state index is 0.965. The minimum Gasteiger partial charge on any atom is -0.302 e. The zero-order valence-electron chi connectivity index (χ0n) is 10.5. The summed E-state index contributed by atoms with van der Waals surface area (Å²) >= 11 is 1.64. The summed E-state index contributed by atoms with van der Waals surface area (Å²) in [5.41, 5.74) is 2.39. The van der Waals surface area contributed by atoms with Crippen molar-refractivity contribution in [2.24, 2.45) is 0 Å². The summed E-state index contributed by atoms with van der Waals surface area (Å²) in [6.07, 6.45) is 3.13.